The average Bonchev–Trinajstić information content (AvgIpc) is 3.28. The summed E-state index contributed by atoms with van der Waals surface area (Å²) in [6, 6.07) is 9.98. The largest absolute Gasteiger partial charge is 0.393 e. The highest BCUT2D eigenvalue weighted by atomic mass is 16.3. The van der Waals surface area contributed by atoms with E-state index in [-0.39, 0.29) is 18.1 Å². The zero-order chi connectivity index (χ0) is 17.6. The number of carbonyl (C=O) groups is 1. The number of aromatic nitrogens is 2. The van der Waals surface area contributed by atoms with Crippen molar-refractivity contribution >= 4 is 6.03 Å². The SMILES string of the molecule is CN(CC1CCCC1O)C(=O)NCCc1ccc(-n2cccn2)cc1. The van der Waals surface area contributed by atoms with Crippen molar-refractivity contribution in [3.63, 3.8) is 0 Å². The van der Waals surface area contributed by atoms with E-state index in [1.807, 2.05) is 29.1 Å². The van der Waals surface area contributed by atoms with Gasteiger partial charge in [-0.15, -0.1) is 0 Å². The standard InChI is InChI=1S/C19H26N4O2/c1-22(14-16-4-2-5-18(16)24)19(25)20-12-10-15-6-8-17(9-7-15)23-13-3-11-21-23/h3,6-9,11,13,16,18,24H,2,4-5,10,12,14H2,1H3,(H,20,25). The Morgan fingerprint density at radius 2 is 2.16 bits per heavy atom. The molecule has 25 heavy (non-hydrogen) atoms. The number of nitrogens with zero attached hydrogens (tertiary/aromatic N) is 3. The van der Waals surface area contributed by atoms with Gasteiger partial charge in [0.25, 0.3) is 0 Å². The molecule has 0 saturated heterocycles. The van der Waals surface area contributed by atoms with E-state index in [1.165, 1.54) is 5.56 Å². The van der Waals surface area contributed by atoms with Crippen molar-refractivity contribution in [2.75, 3.05) is 20.1 Å². The number of amides is 2. The molecule has 134 valence electrons. The monoisotopic (exact) mass is 342 g/mol. The predicted molar refractivity (Wildman–Crippen MR) is 96.6 cm³/mol. The van der Waals surface area contributed by atoms with Gasteiger partial charge in [0.1, 0.15) is 0 Å². The van der Waals surface area contributed by atoms with Crippen LogP contribution in [-0.4, -0.2) is 52.1 Å². The number of hydrogen-bond acceptors (Lipinski definition) is 3. The third kappa shape index (κ3) is 4.60. The van der Waals surface area contributed by atoms with Crippen LogP contribution in [0.25, 0.3) is 5.69 Å². The fraction of sp³-hybridized carbons (Fsp3) is 0.474. The number of nitrogens with one attached hydrogen (secondary N) is 1. The minimum absolute atomic E-state index is 0.0766. The maximum Gasteiger partial charge on any atom is 0.317 e. The van der Waals surface area contributed by atoms with Gasteiger partial charge in [-0.25, -0.2) is 9.48 Å². The molecule has 2 amide bonds. The van der Waals surface area contributed by atoms with Crippen LogP contribution in [0.4, 0.5) is 4.79 Å². The van der Waals surface area contributed by atoms with Crippen LogP contribution >= 0.6 is 0 Å². The second-order valence-electron chi connectivity index (χ2n) is 6.74. The molecule has 0 bridgehead atoms. The summed E-state index contributed by atoms with van der Waals surface area (Å²) >= 11 is 0. The number of benzene rings is 1. The van der Waals surface area contributed by atoms with Crippen LogP contribution in [0.3, 0.4) is 0 Å². The first kappa shape index (κ1) is 17.5. The van der Waals surface area contributed by atoms with Crippen molar-refractivity contribution in [3.05, 3.63) is 48.3 Å². The highest BCUT2D eigenvalue weighted by Gasteiger charge is 2.27. The van der Waals surface area contributed by atoms with E-state index in [9.17, 15) is 9.90 Å². The summed E-state index contributed by atoms with van der Waals surface area (Å²) in [5.74, 6) is 0.214. The van der Waals surface area contributed by atoms with Crippen molar-refractivity contribution in [2.24, 2.45) is 5.92 Å². The number of hydrogen-bond donors (Lipinski definition) is 2. The lowest BCUT2D eigenvalue weighted by Crippen LogP contribution is -2.41. The van der Waals surface area contributed by atoms with Crippen LogP contribution < -0.4 is 5.32 Å². The van der Waals surface area contributed by atoms with Gasteiger partial charge in [0, 0.05) is 38.4 Å². The van der Waals surface area contributed by atoms with Gasteiger partial charge < -0.3 is 15.3 Å². The number of carbonyl (C=O) groups excluding carboxylic acids is 1. The van der Waals surface area contributed by atoms with Gasteiger partial charge in [0.05, 0.1) is 11.8 Å². The molecule has 2 atom stereocenters. The lowest BCUT2D eigenvalue weighted by Gasteiger charge is -2.23. The number of rotatable bonds is 6. The van der Waals surface area contributed by atoms with Crippen LogP contribution in [-0.2, 0) is 6.42 Å². The summed E-state index contributed by atoms with van der Waals surface area (Å²) < 4.78 is 1.82. The summed E-state index contributed by atoms with van der Waals surface area (Å²) in [4.78, 5) is 13.8. The molecule has 2 aromatic rings. The van der Waals surface area contributed by atoms with Crippen LogP contribution in [0.1, 0.15) is 24.8 Å². The molecule has 2 unspecified atom stereocenters. The molecule has 2 N–H and O–H groups in total. The number of aliphatic hydroxyl groups excluding tert-OH is 1. The Hall–Kier alpha value is -2.34. The highest BCUT2D eigenvalue weighted by Crippen LogP contribution is 2.25. The maximum absolute atomic E-state index is 12.2. The van der Waals surface area contributed by atoms with E-state index in [1.54, 1.807) is 18.1 Å². The molecule has 1 aromatic heterocycles. The second-order valence-corrected chi connectivity index (χ2v) is 6.74. The van der Waals surface area contributed by atoms with E-state index in [0.717, 1.165) is 31.4 Å². The van der Waals surface area contributed by atoms with Gasteiger partial charge in [-0.2, -0.15) is 5.10 Å². The van der Waals surface area contributed by atoms with Crippen molar-refractivity contribution in [3.8, 4) is 5.69 Å². The van der Waals surface area contributed by atoms with Gasteiger partial charge in [-0.05, 0) is 43.0 Å². The van der Waals surface area contributed by atoms with Gasteiger partial charge >= 0.3 is 6.03 Å². The van der Waals surface area contributed by atoms with Gasteiger partial charge in [-0.3, -0.25) is 0 Å². The topological polar surface area (TPSA) is 70.4 Å². The van der Waals surface area contributed by atoms with Crippen molar-refractivity contribution in [2.45, 2.75) is 31.8 Å². The molecule has 1 saturated carbocycles. The summed E-state index contributed by atoms with van der Waals surface area (Å²) in [5, 5.41) is 17.0. The predicted octanol–water partition coefficient (Wildman–Crippen LogP) is 2.22. The summed E-state index contributed by atoms with van der Waals surface area (Å²) in [6.07, 6.45) is 7.09. The van der Waals surface area contributed by atoms with Crippen LogP contribution in [0.5, 0.6) is 0 Å². The first-order chi connectivity index (χ1) is 12.1. The van der Waals surface area contributed by atoms with Gasteiger partial charge in [0.2, 0.25) is 0 Å². The Kier molecular flexibility index (Phi) is 5.71. The maximum atomic E-state index is 12.2. The van der Waals surface area contributed by atoms with E-state index in [4.69, 9.17) is 0 Å². The number of urea groups is 1. The Balaban J connectivity index is 1.42. The van der Waals surface area contributed by atoms with Crippen LogP contribution in [0.15, 0.2) is 42.7 Å². The summed E-state index contributed by atoms with van der Waals surface area (Å²) in [7, 11) is 1.79. The molecule has 6 nitrogen and oxygen atoms in total. The lowest BCUT2D eigenvalue weighted by molar-refractivity contribution is 0.114. The van der Waals surface area contributed by atoms with E-state index in [2.05, 4.69) is 22.5 Å². The molecule has 1 aliphatic carbocycles. The Morgan fingerprint density at radius 1 is 1.36 bits per heavy atom. The molecule has 1 aliphatic rings. The number of aliphatic hydroxyl groups is 1. The molecule has 1 fully saturated rings. The fourth-order valence-electron chi connectivity index (χ4n) is 3.35. The molecule has 0 spiro atoms. The molecule has 0 radical (unpaired) electrons. The smallest absolute Gasteiger partial charge is 0.317 e. The molecule has 6 heteroatoms. The van der Waals surface area contributed by atoms with E-state index in [0.29, 0.717) is 13.1 Å². The lowest BCUT2D eigenvalue weighted by atomic mass is 10.1. The van der Waals surface area contributed by atoms with Crippen molar-refractivity contribution in [1.29, 1.82) is 0 Å². The molecule has 1 aromatic carbocycles. The minimum Gasteiger partial charge on any atom is -0.393 e. The molecular formula is C19H26N4O2. The second kappa shape index (κ2) is 8.16. The third-order valence-corrected chi connectivity index (χ3v) is 4.87. The first-order valence-electron chi connectivity index (χ1n) is 8.89. The average molecular weight is 342 g/mol. The third-order valence-electron chi connectivity index (χ3n) is 4.87. The Morgan fingerprint density at radius 3 is 2.80 bits per heavy atom. The molecule has 0 aliphatic heterocycles. The quantitative estimate of drug-likeness (QED) is 0.846. The summed E-state index contributed by atoms with van der Waals surface area (Å²) in [5.41, 5.74) is 2.19. The van der Waals surface area contributed by atoms with Crippen LogP contribution in [0, 0.1) is 5.92 Å². The zero-order valence-electron chi connectivity index (χ0n) is 14.6. The van der Waals surface area contributed by atoms with Gasteiger partial charge in [-0.1, -0.05) is 18.6 Å². The first-order valence-corrected chi connectivity index (χ1v) is 8.89. The van der Waals surface area contributed by atoms with Crippen LogP contribution in [0.2, 0.25) is 0 Å². The zero-order valence-corrected chi connectivity index (χ0v) is 14.6. The van der Waals surface area contributed by atoms with Gasteiger partial charge in [0.15, 0.2) is 0 Å². The molecule has 3 rings (SSSR count). The van der Waals surface area contributed by atoms with E-state index < -0.39 is 0 Å². The highest BCUT2D eigenvalue weighted by molar-refractivity contribution is 5.73. The molecular weight excluding hydrogens is 316 g/mol. The molecule has 1 heterocycles. The van der Waals surface area contributed by atoms with Crippen molar-refractivity contribution in [1.82, 2.24) is 20.0 Å². The minimum atomic E-state index is -0.261. The Bertz CT molecular complexity index is 669. The normalized spacial score (nSPS) is 19.8. The summed E-state index contributed by atoms with van der Waals surface area (Å²) in [6.45, 7) is 1.21. The fourth-order valence-corrected chi connectivity index (χ4v) is 3.35. The van der Waals surface area contributed by atoms with Crippen molar-refractivity contribution < 1.29 is 9.90 Å². The Labute approximate surface area is 148 Å². The van der Waals surface area contributed by atoms with E-state index >= 15 is 0 Å².